The van der Waals surface area contributed by atoms with Crippen molar-refractivity contribution >= 4 is 0 Å². The summed E-state index contributed by atoms with van der Waals surface area (Å²) in [5.74, 6) is 7.20. The number of hydrogen-bond acceptors (Lipinski definition) is 4. The Labute approximate surface area is 170 Å². The Bertz CT molecular complexity index is 1110. The van der Waals surface area contributed by atoms with Gasteiger partial charge in [-0.15, -0.1) is 0 Å². The van der Waals surface area contributed by atoms with E-state index < -0.39 is 0 Å². The number of fused-ring (bicyclic) bond motifs is 1. The fraction of sp³-hybridized carbons (Fsp3) is 0.250. The Morgan fingerprint density at radius 1 is 1.14 bits per heavy atom. The van der Waals surface area contributed by atoms with Crippen LogP contribution in [0.15, 0.2) is 65.7 Å². The lowest BCUT2D eigenvalue weighted by molar-refractivity contribution is 0.280. The second kappa shape index (κ2) is 8.76. The van der Waals surface area contributed by atoms with Crippen LogP contribution in [0.1, 0.15) is 22.4 Å². The Kier molecular flexibility index (Phi) is 5.73. The normalized spacial score (nSPS) is 13.3. The number of hydrogen-bond donors (Lipinski definition) is 0. The first kappa shape index (κ1) is 19.0. The van der Waals surface area contributed by atoms with Crippen LogP contribution in [0.4, 0.5) is 0 Å². The van der Waals surface area contributed by atoms with Crippen LogP contribution < -0.4 is 10.3 Å². The molecule has 0 unspecified atom stereocenters. The highest BCUT2D eigenvalue weighted by Crippen LogP contribution is 2.14. The second-order valence-corrected chi connectivity index (χ2v) is 7.08. The van der Waals surface area contributed by atoms with Gasteiger partial charge in [-0.1, -0.05) is 48.2 Å². The molecule has 2 heterocycles. The van der Waals surface area contributed by atoms with Gasteiger partial charge in [-0.05, 0) is 23.8 Å². The van der Waals surface area contributed by atoms with Gasteiger partial charge in [0.05, 0.1) is 37.8 Å². The molecule has 146 valence electrons. The molecule has 5 heteroatoms. The van der Waals surface area contributed by atoms with E-state index >= 15 is 0 Å². The molecule has 1 aromatic heterocycles. The van der Waals surface area contributed by atoms with Gasteiger partial charge < -0.3 is 4.74 Å². The fourth-order valence-corrected chi connectivity index (χ4v) is 3.49. The van der Waals surface area contributed by atoms with E-state index in [-0.39, 0.29) is 5.56 Å². The molecule has 0 radical (unpaired) electrons. The molecule has 1 aliphatic heterocycles. The number of benzene rings is 2. The predicted molar refractivity (Wildman–Crippen MR) is 113 cm³/mol. The third-order valence-electron chi connectivity index (χ3n) is 5.07. The Morgan fingerprint density at radius 2 is 2.00 bits per heavy atom. The van der Waals surface area contributed by atoms with Crippen LogP contribution in [-0.2, 0) is 19.5 Å². The topological polar surface area (TPSA) is 47.4 Å². The Balaban J connectivity index is 1.47. The van der Waals surface area contributed by atoms with Crippen LogP contribution in [0.2, 0.25) is 0 Å². The summed E-state index contributed by atoms with van der Waals surface area (Å²) in [5, 5.41) is 0. The smallest absolute Gasteiger partial charge is 0.258 e. The van der Waals surface area contributed by atoms with E-state index in [0.717, 1.165) is 41.1 Å². The molecule has 0 spiro atoms. The predicted octanol–water partition coefficient (Wildman–Crippen LogP) is 2.71. The molecule has 0 N–H and O–H groups in total. The monoisotopic (exact) mass is 385 g/mol. The van der Waals surface area contributed by atoms with Crippen molar-refractivity contribution in [3.63, 3.8) is 0 Å². The maximum absolute atomic E-state index is 13.0. The van der Waals surface area contributed by atoms with E-state index in [1.165, 1.54) is 0 Å². The zero-order valence-corrected chi connectivity index (χ0v) is 16.5. The molecule has 0 fully saturated rings. The molecule has 3 aromatic rings. The molecule has 1 aliphatic rings. The van der Waals surface area contributed by atoms with Gasteiger partial charge in [-0.25, -0.2) is 4.98 Å². The quantitative estimate of drug-likeness (QED) is 0.648. The molecular weight excluding hydrogens is 362 g/mol. The van der Waals surface area contributed by atoms with Crippen molar-refractivity contribution in [2.24, 2.45) is 0 Å². The largest absolute Gasteiger partial charge is 0.497 e. The number of nitrogens with zero attached hydrogens (tertiary/aromatic N) is 3. The highest BCUT2D eigenvalue weighted by Gasteiger charge is 2.20. The molecule has 0 aliphatic carbocycles. The van der Waals surface area contributed by atoms with E-state index in [1.807, 2.05) is 54.6 Å². The van der Waals surface area contributed by atoms with Crippen LogP contribution in [0.5, 0.6) is 5.75 Å². The number of ether oxygens (including phenoxy) is 1. The van der Waals surface area contributed by atoms with Crippen LogP contribution in [0, 0.1) is 11.8 Å². The van der Waals surface area contributed by atoms with E-state index in [4.69, 9.17) is 4.74 Å². The lowest BCUT2D eigenvalue weighted by atomic mass is 10.1. The number of rotatable bonds is 4. The maximum atomic E-state index is 13.0. The third kappa shape index (κ3) is 4.56. The minimum absolute atomic E-state index is 0.0457. The molecule has 29 heavy (non-hydrogen) atoms. The molecule has 4 rings (SSSR count). The van der Waals surface area contributed by atoms with Crippen molar-refractivity contribution in [3.8, 4) is 17.6 Å². The summed E-state index contributed by atoms with van der Waals surface area (Å²) in [6, 6.07) is 17.7. The standard InChI is InChI=1S/C24H23N3O2/c1-29-21-11-5-9-19(15-21)10-6-13-26-14-12-23-22(17-26)24(28)27(18-25-23)16-20-7-3-2-4-8-20/h2-5,7-9,11,15,18H,12-14,16-17H2,1H3. The van der Waals surface area contributed by atoms with Crippen LogP contribution in [-0.4, -0.2) is 34.7 Å². The first-order chi connectivity index (χ1) is 14.2. The highest BCUT2D eigenvalue weighted by molar-refractivity contribution is 5.40. The van der Waals surface area contributed by atoms with E-state index in [1.54, 1.807) is 18.0 Å². The van der Waals surface area contributed by atoms with Gasteiger partial charge >= 0.3 is 0 Å². The summed E-state index contributed by atoms with van der Waals surface area (Å²) in [4.78, 5) is 19.7. The Morgan fingerprint density at radius 3 is 2.83 bits per heavy atom. The molecule has 0 saturated carbocycles. The SMILES string of the molecule is COc1cccc(C#CCN2CCc3ncn(Cc4ccccc4)c(=O)c3C2)c1. The van der Waals surface area contributed by atoms with Crippen LogP contribution in [0.3, 0.4) is 0 Å². The summed E-state index contributed by atoms with van der Waals surface area (Å²) in [6.45, 7) is 2.60. The molecule has 5 nitrogen and oxygen atoms in total. The summed E-state index contributed by atoms with van der Waals surface area (Å²) in [7, 11) is 1.65. The minimum Gasteiger partial charge on any atom is -0.497 e. The highest BCUT2D eigenvalue weighted by atomic mass is 16.5. The van der Waals surface area contributed by atoms with Crippen LogP contribution >= 0.6 is 0 Å². The van der Waals surface area contributed by atoms with Gasteiger partial charge in [0.15, 0.2) is 0 Å². The minimum atomic E-state index is 0.0457. The van der Waals surface area contributed by atoms with Crippen molar-refractivity contribution in [2.45, 2.75) is 19.5 Å². The maximum Gasteiger partial charge on any atom is 0.258 e. The zero-order chi connectivity index (χ0) is 20.1. The molecule has 0 atom stereocenters. The van der Waals surface area contributed by atoms with Gasteiger partial charge in [0.1, 0.15) is 5.75 Å². The lowest BCUT2D eigenvalue weighted by Gasteiger charge is -2.26. The van der Waals surface area contributed by atoms with E-state index in [2.05, 4.69) is 21.7 Å². The fourth-order valence-electron chi connectivity index (χ4n) is 3.49. The van der Waals surface area contributed by atoms with Crippen LogP contribution in [0.25, 0.3) is 0 Å². The summed E-state index contributed by atoms with van der Waals surface area (Å²) >= 11 is 0. The molecular formula is C24H23N3O2. The van der Waals surface area contributed by atoms with Crippen molar-refractivity contribution in [1.29, 1.82) is 0 Å². The summed E-state index contributed by atoms with van der Waals surface area (Å²) in [5.41, 5.74) is 3.76. The summed E-state index contributed by atoms with van der Waals surface area (Å²) in [6.07, 6.45) is 2.45. The molecule has 2 aromatic carbocycles. The summed E-state index contributed by atoms with van der Waals surface area (Å²) < 4.78 is 6.93. The average Bonchev–Trinajstić information content (AvgIpc) is 2.77. The Hall–Kier alpha value is -3.36. The first-order valence-corrected chi connectivity index (χ1v) is 9.69. The molecule has 0 amide bonds. The van der Waals surface area contributed by atoms with Gasteiger partial charge in [-0.2, -0.15) is 0 Å². The second-order valence-electron chi connectivity index (χ2n) is 7.08. The van der Waals surface area contributed by atoms with E-state index in [9.17, 15) is 4.79 Å². The van der Waals surface area contributed by atoms with Crippen molar-refractivity contribution < 1.29 is 4.74 Å². The average molecular weight is 385 g/mol. The van der Waals surface area contributed by atoms with Gasteiger partial charge in [0, 0.05) is 25.1 Å². The number of aromatic nitrogens is 2. The first-order valence-electron chi connectivity index (χ1n) is 9.69. The zero-order valence-electron chi connectivity index (χ0n) is 16.5. The van der Waals surface area contributed by atoms with Gasteiger partial charge in [0.2, 0.25) is 0 Å². The van der Waals surface area contributed by atoms with Crippen molar-refractivity contribution in [3.05, 3.63) is 93.7 Å². The van der Waals surface area contributed by atoms with Crippen molar-refractivity contribution in [2.75, 3.05) is 20.2 Å². The van der Waals surface area contributed by atoms with E-state index in [0.29, 0.717) is 19.6 Å². The number of methoxy groups -OCH3 is 1. The lowest BCUT2D eigenvalue weighted by Crippen LogP contribution is -2.38. The molecule has 0 bridgehead atoms. The molecule has 0 saturated heterocycles. The third-order valence-corrected chi connectivity index (χ3v) is 5.07. The van der Waals surface area contributed by atoms with Gasteiger partial charge in [-0.3, -0.25) is 14.3 Å². The van der Waals surface area contributed by atoms with Crippen molar-refractivity contribution in [1.82, 2.24) is 14.5 Å². The van der Waals surface area contributed by atoms with Gasteiger partial charge in [0.25, 0.3) is 5.56 Å².